The average molecular weight is 269 g/mol. The Labute approximate surface area is 118 Å². The van der Waals surface area contributed by atoms with Crippen molar-refractivity contribution >= 4 is 5.78 Å². The van der Waals surface area contributed by atoms with Gasteiger partial charge < -0.3 is 9.88 Å². The zero-order valence-corrected chi connectivity index (χ0v) is 11.7. The molecule has 0 saturated heterocycles. The molecule has 0 saturated carbocycles. The van der Waals surface area contributed by atoms with Gasteiger partial charge in [-0.15, -0.1) is 0 Å². The van der Waals surface area contributed by atoms with Gasteiger partial charge in [0.25, 0.3) is 0 Å². The standard InChI is InChI=1S/C16H19N3O/c1-2-8-19-9-7-18-16(19)15(20)14-11-17-10-12-5-3-4-6-13(12)14/h3-7,9,14,17H,2,8,10-11H2,1H3. The Morgan fingerprint density at radius 3 is 3.15 bits per heavy atom. The van der Waals surface area contributed by atoms with E-state index in [-0.39, 0.29) is 11.7 Å². The zero-order chi connectivity index (χ0) is 13.9. The van der Waals surface area contributed by atoms with Crippen LogP contribution in [-0.2, 0) is 13.1 Å². The van der Waals surface area contributed by atoms with Crippen LogP contribution in [-0.4, -0.2) is 21.9 Å². The minimum Gasteiger partial charge on any atom is -0.329 e. The lowest BCUT2D eigenvalue weighted by Crippen LogP contribution is -2.33. The summed E-state index contributed by atoms with van der Waals surface area (Å²) in [6.07, 6.45) is 4.60. The highest BCUT2D eigenvalue weighted by atomic mass is 16.1. The van der Waals surface area contributed by atoms with Crippen LogP contribution in [0.3, 0.4) is 0 Å². The molecule has 1 atom stereocenters. The Hall–Kier alpha value is -1.94. The Kier molecular flexibility index (Phi) is 3.65. The van der Waals surface area contributed by atoms with Crippen molar-refractivity contribution in [3.8, 4) is 0 Å². The number of nitrogens with zero attached hydrogens (tertiary/aromatic N) is 2. The highest BCUT2D eigenvalue weighted by Crippen LogP contribution is 2.26. The first-order chi connectivity index (χ1) is 9.81. The SMILES string of the molecule is CCCn1ccnc1C(=O)C1CNCc2ccccc21. The molecule has 1 aliphatic rings. The van der Waals surface area contributed by atoms with Gasteiger partial charge in [-0.3, -0.25) is 4.79 Å². The smallest absolute Gasteiger partial charge is 0.206 e. The monoisotopic (exact) mass is 269 g/mol. The minimum atomic E-state index is -0.127. The highest BCUT2D eigenvalue weighted by molar-refractivity contribution is 5.98. The average Bonchev–Trinajstić information content (AvgIpc) is 2.94. The largest absolute Gasteiger partial charge is 0.329 e. The molecule has 1 unspecified atom stereocenters. The molecule has 20 heavy (non-hydrogen) atoms. The normalized spacial score (nSPS) is 17.8. The van der Waals surface area contributed by atoms with Crippen molar-refractivity contribution in [3.05, 3.63) is 53.6 Å². The van der Waals surface area contributed by atoms with Crippen molar-refractivity contribution in [2.45, 2.75) is 32.4 Å². The molecule has 0 radical (unpaired) electrons. The van der Waals surface area contributed by atoms with Crippen LogP contribution < -0.4 is 5.32 Å². The lowest BCUT2D eigenvalue weighted by atomic mass is 9.87. The van der Waals surface area contributed by atoms with Crippen LogP contribution in [0.15, 0.2) is 36.7 Å². The van der Waals surface area contributed by atoms with Crippen LogP contribution >= 0.6 is 0 Å². The van der Waals surface area contributed by atoms with E-state index in [1.165, 1.54) is 5.56 Å². The molecule has 1 aromatic heterocycles. The second kappa shape index (κ2) is 5.59. The molecule has 1 aromatic carbocycles. The third-order valence-corrected chi connectivity index (χ3v) is 3.81. The van der Waals surface area contributed by atoms with Gasteiger partial charge in [0.15, 0.2) is 5.82 Å². The van der Waals surface area contributed by atoms with E-state index in [1.54, 1.807) is 6.20 Å². The molecule has 0 amide bonds. The number of carbonyl (C=O) groups is 1. The predicted molar refractivity (Wildman–Crippen MR) is 77.7 cm³/mol. The predicted octanol–water partition coefficient (Wildman–Crippen LogP) is 2.36. The van der Waals surface area contributed by atoms with Crippen molar-refractivity contribution in [2.75, 3.05) is 6.54 Å². The number of rotatable bonds is 4. The molecule has 104 valence electrons. The molecule has 4 heteroatoms. The van der Waals surface area contributed by atoms with Crippen molar-refractivity contribution in [1.29, 1.82) is 0 Å². The Bertz CT molecular complexity index is 618. The first kappa shape index (κ1) is 13.1. The number of fused-ring (bicyclic) bond motifs is 1. The van der Waals surface area contributed by atoms with Gasteiger partial charge in [-0.2, -0.15) is 0 Å². The lowest BCUT2D eigenvalue weighted by molar-refractivity contribution is 0.0940. The zero-order valence-electron chi connectivity index (χ0n) is 11.7. The van der Waals surface area contributed by atoms with E-state index >= 15 is 0 Å². The molecule has 2 heterocycles. The molecule has 0 aliphatic carbocycles. The summed E-state index contributed by atoms with van der Waals surface area (Å²) in [5.41, 5.74) is 2.35. The third-order valence-electron chi connectivity index (χ3n) is 3.81. The van der Waals surface area contributed by atoms with E-state index in [1.807, 2.05) is 22.9 Å². The number of Topliss-reactive ketones (excluding diaryl/α,β-unsaturated/α-hetero) is 1. The fourth-order valence-electron chi connectivity index (χ4n) is 2.84. The fraction of sp³-hybridized carbons (Fsp3) is 0.375. The van der Waals surface area contributed by atoms with Gasteiger partial charge >= 0.3 is 0 Å². The van der Waals surface area contributed by atoms with Gasteiger partial charge in [0.1, 0.15) is 0 Å². The molecule has 1 N–H and O–H groups in total. The number of carbonyl (C=O) groups excluding carboxylic acids is 1. The second-order valence-corrected chi connectivity index (χ2v) is 5.19. The minimum absolute atomic E-state index is 0.114. The van der Waals surface area contributed by atoms with E-state index in [2.05, 4.69) is 29.4 Å². The molecular formula is C16H19N3O. The van der Waals surface area contributed by atoms with E-state index in [0.29, 0.717) is 12.4 Å². The van der Waals surface area contributed by atoms with Crippen LogP contribution in [0.4, 0.5) is 0 Å². The first-order valence-corrected chi connectivity index (χ1v) is 7.15. The van der Waals surface area contributed by atoms with Crippen LogP contribution in [0, 0.1) is 0 Å². The summed E-state index contributed by atoms with van der Waals surface area (Å²) < 4.78 is 1.96. The molecule has 0 spiro atoms. The molecule has 2 aromatic rings. The summed E-state index contributed by atoms with van der Waals surface area (Å²) in [7, 11) is 0. The van der Waals surface area contributed by atoms with Gasteiger partial charge in [0.05, 0.1) is 5.92 Å². The fourth-order valence-corrected chi connectivity index (χ4v) is 2.84. The summed E-state index contributed by atoms with van der Waals surface area (Å²) in [4.78, 5) is 17.1. The maximum atomic E-state index is 12.8. The molecule has 0 fully saturated rings. The maximum Gasteiger partial charge on any atom is 0.206 e. The highest BCUT2D eigenvalue weighted by Gasteiger charge is 2.29. The summed E-state index contributed by atoms with van der Waals surface area (Å²) in [5, 5.41) is 3.33. The van der Waals surface area contributed by atoms with Crippen LogP contribution in [0.25, 0.3) is 0 Å². The van der Waals surface area contributed by atoms with Crippen LogP contribution in [0.1, 0.15) is 41.0 Å². The quantitative estimate of drug-likeness (QED) is 0.867. The van der Waals surface area contributed by atoms with Gasteiger partial charge in [0, 0.05) is 32.0 Å². The van der Waals surface area contributed by atoms with Crippen molar-refractivity contribution in [2.24, 2.45) is 0 Å². The summed E-state index contributed by atoms with van der Waals surface area (Å²) >= 11 is 0. The maximum absolute atomic E-state index is 12.8. The summed E-state index contributed by atoms with van der Waals surface area (Å²) in [6, 6.07) is 8.17. The van der Waals surface area contributed by atoms with Crippen molar-refractivity contribution < 1.29 is 4.79 Å². The number of benzene rings is 1. The van der Waals surface area contributed by atoms with Crippen molar-refractivity contribution in [3.63, 3.8) is 0 Å². The van der Waals surface area contributed by atoms with E-state index in [0.717, 1.165) is 25.1 Å². The number of hydrogen-bond donors (Lipinski definition) is 1. The Morgan fingerprint density at radius 1 is 1.45 bits per heavy atom. The molecule has 4 nitrogen and oxygen atoms in total. The van der Waals surface area contributed by atoms with Gasteiger partial charge in [0.2, 0.25) is 5.78 Å². The second-order valence-electron chi connectivity index (χ2n) is 5.19. The number of hydrogen-bond acceptors (Lipinski definition) is 3. The van der Waals surface area contributed by atoms with E-state index < -0.39 is 0 Å². The summed E-state index contributed by atoms with van der Waals surface area (Å²) in [5.74, 6) is 0.566. The third kappa shape index (κ3) is 2.27. The molecule has 1 aliphatic heterocycles. The molecule has 3 rings (SSSR count). The number of aromatic nitrogens is 2. The van der Waals surface area contributed by atoms with Gasteiger partial charge in [-0.05, 0) is 17.5 Å². The number of aryl methyl sites for hydroxylation is 1. The van der Waals surface area contributed by atoms with Crippen molar-refractivity contribution in [1.82, 2.24) is 14.9 Å². The van der Waals surface area contributed by atoms with Crippen LogP contribution in [0.5, 0.6) is 0 Å². The van der Waals surface area contributed by atoms with Gasteiger partial charge in [-0.25, -0.2) is 4.98 Å². The number of imidazole rings is 1. The Balaban J connectivity index is 1.94. The Morgan fingerprint density at radius 2 is 2.30 bits per heavy atom. The van der Waals surface area contributed by atoms with Crippen LogP contribution in [0.2, 0.25) is 0 Å². The lowest BCUT2D eigenvalue weighted by Gasteiger charge is -2.25. The van der Waals surface area contributed by atoms with E-state index in [9.17, 15) is 4.79 Å². The molecule has 0 bridgehead atoms. The number of ketones is 1. The summed E-state index contributed by atoms with van der Waals surface area (Å²) in [6.45, 7) is 4.47. The van der Waals surface area contributed by atoms with Gasteiger partial charge in [-0.1, -0.05) is 31.2 Å². The van der Waals surface area contributed by atoms with E-state index in [4.69, 9.17) is 0 Å². The topological polar surface area (TPSA) is 46.9 Å². The number of nitrogens with one attached hydrogen (secondary N) is 1. The molecular weight excluding hydrogens is 250 g/mol. The first-order valence-electron chi connectivity index (χ1n) is 7.15.